The van der Waals surface area contributed by atoms with Crippen molar-refractivity contribution < 1.29 is 9.59 Å². The largest absolute Gasteiger partial charge is 0.352 e. The van der Waals surface area contributed by atoms with Crippen molar-refractivity contribution in [3.8, 4) is 0 Å². The van der Waals surface area contributed by atoms with E-state index in [9.17, 15) is 9.59 Å². The number of rotatable bonds is 6. The maximum atomic E-state index is 12.4. The molecule has 0 saturated carbocycles. The molecule has 1 heterocycles. The van der Waals surface area contributed by atoms with E-state index in [0.29, 0.717) is 23.8 Å². The minimum atomic E-state index is -0.101. The number of anilines is 1. The number of benzene rings is 2. The van der Waals surface area contributed by atoms with E-state index in [4.69, 9.17) is 11.6 Å². The zero-order valence-electron chi connectivity index (χ0n) is 15.5. The Morgan fingerprint density at radius 3 is 2.50 bits per heavy atom. The highest BCUT2D eigenvalue weighted by molar-refractivity contribution is 9.10. The molecule has 1 aliphatic heterocycles. The van der Waals surface area contributed by atoms with Gasteiger partial charge in [0.2, 0.25) is 11.8 Å². The van der Waals surface area contributed by atoms with Gasteiger partial charge in [0.1, 0.15) is 0 Å². The molecule has 7 heteroatoms. The van der Waals surface area contributed by atoms with E-state index in [1.165, 1.54) is 0 Å². The topological polar surface area (TPSA) is 61.4 Å². The standard InChI is InChI=1S/C21H23BrClN3O2/c22-17-6-7-19(18(23)12-17)25-20(27)14-26-10-8-16(9-11-26)21(28)24-13-15-4-2-1-3-5-15/h1-7,12,16H,8-11,13-14H2,(H,24,28)(H,25,27). The fourth-order valence-corrected chi connectivity index (χ4v) is 3.99. The average molecular weight is 465 g/mol. The molecule has 0 aromatic heterocycles. The Kier molecular flexibility index (Phi) is 7.48. The van der Waals surface area contributed by atoms with Crippen LogP contribution in [-0.4, -0.2) is 36.3 Å². The predicted molar refractivity (Wildman–Crippen MR) is 115 cm³/mol. The van der Waals surface area contributed by atoms with Crippen molar-refractivity contribution in [1.82, 2.24) is 10.2 Å². The van der Waals surface area contributed by atoms with Crippen molar-refractivity contribution in [1.29, 1.82) is 0 Å². The first-order chi connectivity index (χ1) is 13.5. The fraction of sp³-hybridized carbons (Fsp3) is 0.333. The summed E-state index contributed by atoms with van der Waals surface area (Å²) < 4.78 is 0.864. The Morgan fingerprint density at radius 2 is 1.82 bits per heavy atom. The molecule has 0 radical (unpaired) electrons. The van der Waals surface area contributed by atoms with Gasteiger partial charge in [-0.2, -0.15) is 0 Å². The van der Waals surface area contributed by atoms with Crippen LogP contribution in [0.3, 0.4) is 0 Å². The number of carbonyl (C=O) groups is 2. The summed E-state index contributed by atoms with van der Waals surface area (Å²) >= 11 is 9.49. The molecule has 0 aliphatic carbocycles. The Morgan fingerprint density at radius 1 is 1.11 bits per heavy atom. The van der Waals surface area contributed by atoms with Crippen LogP contribution in [0.2, 0.25) is 5.02 Å². The van der Waals surface area contributed by atoms with Crippen LogP contribution in [0.25, 0.3) is 0 Å². The van der Waals surface area contributed by atoms with E-state index < -0.39 is 0 Å². The van der Waals surface area contributed by atoms with Gasteiger partial charge in [-0.3, -0.25) is 14.5 Å². The number of piperidine rings is 1. The maximum absolute atomic E-state index is 12.4. The lowest BCUT2D eigenvalue weighted by molar-refractivity contribution is -0.126. The summed E-state index contributed by atoms with van der Waals surface area (Å²) in [6, 6.07) is 15.2. The van der Waals surface area contributed by atoms with Gasteiger partial charge in [-0.15, -0.1) is 0 Å². The zero-order chi connectivity index (χ0) is 19.9. The van der Waals surface area contributed by atoms with Crippen LogP contribution in [0.15, 0.2) is 53.0 Å². The summed E-state index contributed by atoms with van der Waals surface area (Å²) in [4.78, 5) is 26.7. The van der Waals surface area contributed by atoms with E-state index >= 15 is 0 Å². The van der Waals surface area contributed by atoms with E-state index in [1.54, 1.807) is 12.1 Å². The minimum Gasteiger partial charge on any atom is -0.352 e. The highest BCUT2D eigenvalue weighted by atomic mass is 79.9. The smallest absolute Gasteiger partial charge is 0.238 e. The lowest BCUT2D eigenvalue weighted by Gasteiger charge is -2.30. The number of nitrogens with zero attached hydrogens (tertiary/aromatic N) is 1. The fourth-order valence-electron chi connectivity index (χ4n) is 3.27. The van der Waals surface area contributed by atoms with Crippen LogP contribution >= 0.6 is 27.5 Å². The molecule has 1 saturated heterocycles. The molecule has 5 nitrogen and oxygen atoms in total. The zero-order valence-corrected chi connectivity index (χ0v) is 17.8. The second kappa shape index (κ2) is 10.0. The molecule has 0 bridgehead atoms. The molecule has 2 aromatic carbocycles. The van der Waals surface area contributed by atoms with E-state index in [-0.39, 0.29) is 17.7 Å². The quantitative estimate of drug-likeness (QED) is 0.677. The van der Waals surface area contributed by atoms with Gasteiger partial charge in [-0.25, -0.2) is 0 Å². The van der Waals surface area contributed by atoms with Crippen LogP contribution in [0.1, 0.15) is 18.4 Å². The van der Waals surface area contributed by atoms with Crippen LogP contribution in [-0.2, 0) is 16.1 Å². The molecule has 1 fully saturated rings. The molecule has 1 aliphatic rings. The summed E-state index contributed by atoms with van der Waals surface area (Å²) in [5, 5.41) is 6.35. The lowest BCUT2D eigenvalue weighted by Crippen LogP contribution is -2.43. The second-order valence-electron chi connectivity index (χ2n) is 6.93. The molecule has 0 atom stereocenters. The molecule has 2 amide bonds. The Hall–Kier alpha value is -1.89. The lowest BCUT2D eigenvalue weighted by atomic mass is 9.96. The van der Waals surface area contributed by atoms with Gasteiger partial charge in [-0.1, -0.05) is 57.9 Å². The Bertz CT molecular complexity index is 824. The first-order valence-corrected chi connectivity index (χ1v) is 10.5. The first-order valence-electron chi connectivity index (χ1n) is 9.30. The Balaban J connectivity index is 1.41. The van der Waals surface area contributed by atoms with Gasteiger partial charge in [0.05, 0.1) is 17.3 Å². The van der Waals surface area contributed by atoms with Crippen LogP contribution in [0.5, 0.6) is 0 Å². The number of nitrogens with one attached hydrogen (secondary N) is 2. The molecule has 0 spiro atoms. The predicted octanol–water partition coefficient (Wildman–Crippen LogP) is 4.07. The minimum absolute atomic E-state index is 0.00365. The third-order valence-electron chi connectivity index (χ3n) is 4.84. The number of likely N-dealkylation sites (tertiary alicyclic amines) is 1. The Labute approximate surface area is 178 Å². The number of hydrogen-bond acceptors (Lipinski definition) is 3. The van der Waals surface area contributed by atoms with Crippen molar-refractivity contribution >= 4 is 45.0 Å². The molecule has 28 heavy (non-hydrogen) atoms. The van der Waals surface area contributed by atoms with Crippen molar-refractivity contribution in [3.63, 3.8) is 0 Å². The van der Waals surface area contributed by atoms with Gasteiger partial charge < -0.3 is 10.6 Å². The first kappa shape index (κ1) is 20.8. The summed E-state index contributed by atoms with van der Waals surface area (Å²) in [5.41, 5.74) is 1.70. The molecule has 148 valence electrons. The van der Waals surface area contributed by atoms with E-state index in [0.717, 1.165) is 36.0 Å². The third-order valence-corrected chi connectivity index (χ3v) is 5.65. The number of halogens is 2. The highest BCUT2D eigenvalue weighted by Gasteiger charge is 2.25. The van der Waals surface area contributed by atoms with Gasteiger partial charge in [0, 0.05) is 16.9 Å². The van der Waals surface area contributed by atoms with Gasteiger partial charge in [0.15, 0.2) is 0 Å². The van der Waals surface area contributed by atoms with Crippen molar-refractivity contribution in [2.75, 3.05) is 25.0 Å². The molecular weight excluding hydrogens is 442 g/mol. The van der Waals surface area contributed by atoms with Gasteiger partial charge in [0.25, 0.3) is 0 Å². The van der Waals surface area contributed by atoms with Crippen molar-refractivity contribution in [2.45, 2.75) is 19.4 Å². The maximum Gasteiger partial charge on any atom is 0.238 e. The van der Waals surface area contributed by atoms with Gasteiger partial charge in [-0.05, 0) is 49.7 Å². The molecule has 2 N–H and O–H groups in total. The summed E-state index contributed by atoms with van der Waals surface area (Å²) in [6.45, 7) is 2.30. The number of hydrogen-bond donors (Lipinski definition) is 2. The summed E-state index contributed by atoms with van der Waals surface area (Å²) in [7, 11) is 0. The SMILES string of the molecule is O=C(CN1CCC(C(=O)NCc2ccccc2)CC1)Nc1ccc(Br)cc1Cl. The van der Waals surface area contributed by atoms with Crippen molar-refractivity contribution in [3.05, 3.63) is 63.6 Å². The summed E-state index contributed by atoms with van der Waals surface area (Å²) in [5.74, 6) is -0.00487. The number of amides is 2. The molecule has 0 unspecified atom stereocenters. The van der Waals surface area contributed by atoms with Crippen LogP contribution in [0.4, 0.5) is 5.69 Å². The van der Waals surface area contributed by atoms with E-state index in [2.05, 4.69) is 31.5 Å². The number of carbonyl (C=O) groups excluding carboxylic acids is 2. The van der Waals surface area contributed by atoms with Crippen LogP contribution < -0.4 is 10.6 Å². The summed E-state index contributed by atoms with van der Waals surface area (Å²) in [6.07, 6.45) is 1.51. The molecule has 2 aromatic rings. The monoisotopic (exact) mass is 463 g/mol. The normalized spacial score (nSPS) is 15.2. The second-order valence-corrected chi connectivity index (χ2v) is 8.25. The average Bonchev–Trinajstić information content (AvgIpc) is 2.69. The molecular formula is C21H23BrClN3O2. The highest BCUT2D eigenvalue weighted by Crippen LogP contribution is 2.25. The van der Waals surface area contributed by atoms with E-state index in [1.807, 2.05) is 36.4 Å². The van der Waals surface area contributed by atoms with Gasteiger partial charge >= 0.3 is 0 Å². The molecule has 3 rings (SSSR count). The van der Waals surface area contributed by atoms with Crippen LogP contribution in [0, 0.1) is 5.92 Å². The third kappa shape index (κ3) is 6.06. The van der Waals surface area contributed by atoms with Crippen molar-refractivity contribution in [2.24, 2.45) is 5.92 Å².